The average Bonchev–Trinajstić information content (AvgIpc) is 3.02. The Bertz CT molecular complexity index is 698. The highest BCUT2D eigenvalue weighted by Gasteiger charge is 2.21. The van der Waals surface area contributed by atoms with Gasteiger partial charge in [0, 0.05) is 65.1 Å². The molecule has 1 aromatic rings. The van der Waals surface area contributed by atoms with Crippen LogP contribution in [0.25, 0.3) is 6.08 Å². The maximum absolute atomic E-state index is 12.5. The Hall–Kier alpha value is -2.34. The highest BCUT2D eigenvalue weighted by atomic mass is 16.2. The van der Waals surface area contributed by atoms with E-state index < -0.39 is 0 Å². The molecular formula is C23H34N4O2. The lowest BCUT2D eigenvalue weighted by Gasteiger charge is -2.34. The lowest BCUT2D eigenvalue weighted by atomic mass is 10.1. The average molecular weight is 399 g/mol. The summed E-state index contributed by atoms with van der Waals surface area (Å²) >= 11 is 0. The zero-order chi connectivity index (χ0) is 20.6. The number of hydrogen-bond acceptors (Lipinski definition) is 4. The molecule has 29 heavy (non-hydrogen) atoms. The van der Waals surface area contributed by atoms with Crippen molar-refractivity contribution in [1.82, 2.24) is 14.7 Å². The summed E-state index contributed by atoms with van der Waals surface area (Å²) in [6.45, 7) is 5.51. The van der Waals surface area contributed by atoms with Crippen molar-refractivity contribution in [2.24, 2.45) is 0 Å². The molecule has 0 unspecified atom stereocenters. The molecule has 0 aromatic heterocycles. The highest BCUT2D eigenvalue weighted by molar-refractivity contribution is 5.92. The van der Waals surface area contributed by atoms with Gasteiger partial charge in [-0.2, -0.15) is 0 Å². The third-order valence-electron chi connectivity index (χ3n) is 5.82. The second kappa shape index (κ2) is 10.4. The van der Waals surface area contributed by atoms with Crippen molar-refractivity contribution in [3.05, 3.63) is 35.9 Å². The molecule has 0 saturated carbocycles. The third kappa shape index (κ3) is 6.32. The second-order valence-corrected chi connectivity index (χ2v) is 8.22. The number of nitrogens with zero attached hydrogens (tertiary/aromatic N) is 4. The zero-order valence-electron chi connectivity index (χ0n) is 17.8. The molecule has 2 heterocycles. The fourth-order valence-electron chi connectivity index (χ4n) is 3.86. The van der Waals surface area contributed by atoms with Crippen LogP contribution in [0.4, 0.5) is 5.69 Å². The molecular weight excluding hydrogens is 364 g/mol. The van der Waals surface area contributed by atoms with Gasteiger partial charge in [0.2, 0.25) is 11.8 Å². The number of rotatable bonds is 5. The summed E-state index contributed by atoms with van der Waals surface area (Å²) in [5.74, 6) is 0.147. The number of hydrogen-bond donors (Lipinski definition) is 0. The smallest absolute Gasteiger partial charge is 0.246 e. The first-order chi connectivity index (χ1) is 14.0. The molecule has 0 radical (unpaired) electrons. The highest BCUT2D eigenvalue weighted by Crippen LogP contribution is 2.20. The van der Waals surface area contributed by atoms with Gasteiger partial charge in [0.05, 0.1) is 6.54 Å². The van der Waals surface area contributed by atoms with Gasteiger partial charge in [0.25, 0.3) is 0 Å². The fourth-order valence-corrected chi connectivity index (χ4v) is 3.86. The van der Waals surface area contributed by atoms with Gasteiger partial charge in [0.15, 0.2) is 0 Å². The van der Waals surface area contributed by atoms with Gasteiger partial charge in [0.1, 0.15) is 0 Å². The number of benzene rings is 1. The van der Waals surface area contributed by atoms with E-state index in [2.05, 4.69) is 34.1 Å². The molecule has 3 rings (SSSR count). The van der Waals surface area contributed by atoms with Crippen LogP contribution in [0.1, 0.15) is 31.2 Å². The Morgan fingerprint density at radius 1 is 0.897 bits per heavy atom. The van der Waals surface area contributed by atoms with Gasteiger partial charge >= 0.3 is 0 Å². The Morgan fingerprint density at radius 3 is 2.10 bits per heavy atom. The van der Waals surface area contributed by atoms with Crippen LogP contribution in [0.3, 0.4) is 0 Å². The summed E-state index contributed by atoms with van der Waals surface area (Å²) in [6.07, 6.45) is 8.77. The minimum atomic E-state index is 0.0418. The van der Waals surface area contributed by atoms with E-state index in [9.17, 15) is 9.59 Å². The Morgan fingerprint density at radius 2 is 1.52 bits per heavy atom. The van der Waals surface area contributed by atoms with E-state index in [0.29, 0.717) is 19.6 Å². The molecule has 0 N–H and O–H groups in total. The molecule has 6 nitrogen and oxygen atoms in total. The van der Waals surface area contributed by atoms with Crippen molar-refractivity contribution in [3.63, 3.8) is 0 Å². The van der Waals surface area contributed by atoms with Crippen molar-refractivity contribution < 1.29 is 9.59 Å². The molecule has 0 aliphatic carbocycles. The van der Waals surface area contributed by atoms with Crippen LogP contribution < -0.4 is 4.90 Å². The summed E-state index contributed by atoms with van der Waals surface area (Å²) in [5.41, 5.74) is 2.32. The minimum absolute atomic E-state index is 0.0418. The predicted molar refractivity (Wildman–Crippen MR) is 118 cm³/mol. The van der Waals surface area contributed by atoms with Crippen LogP contribution in [-0.4, -0.2) is 86.4 Å². The molecule has 6 heteroatoms. The molecule has 2 aliphatic heterocycles. The molecule has 0 bridgehead atoms. The fraction of sp³-hybridized carbons (Fsp3) is 0.565. The van der Waals surface area contributed by atoms with E-state index in [1.807, 2.05) is 11.0 Å². The van der Waals surface area contributed by atoms with Gasteiger partial charge in [-0.1, -0.05) is 25.0 Å². The maximum Gasteiger partial charge on any atom is 0.246 e. The van der Waals surface area contributed by atoms with Crippen LogP contribution in [-0.2, 0) is 9.59 Å². The largest absolute Gasteiger partial charge is 0.372 e. The predicted octanol–water partition coefficient (Wildman–Crippen LogP) is 2.31. The van der Waals surface area contributed by atoms with Gasteiger partial charge < -0.3 is 14.7 Å². The number of carbonyl (C=O) groups is 2. The summed E-state index contributed by atoms with van der Waals surface area (Å²) in [5, 5.41) is 0. The molecule has 2 aliphatic rings. The molecule has 2 amide bonds. The molecule has 2 fully saturated rings. The summed E-state index contributed by atoms with van der Waals surface area (Å²) in [6, 6.07) is 8.51. The summed E-state index contributed by atoms with van der Waals surface area (Å²) < 4.78 is 0. The standard InChI is InChI=1S/C23H34N4O2/c1-24(2)23(29)19-25-15-17-27(18-16-25)22(28)12-9-20-7-10-21(11-8-20)26-13-5-3-4-6-14-26/h7-12H,3-6,13-19H2,1-2H3. The first-order valence-corrected chi connectivity index (χ1v) is 10.8. The van der Waals surface area contributed by atoms with E-state index in [4.69, 9.17) is 0 Å². The molecule has 158 valence electrons. The molecule has 0 atom stereocenters. The normalized spacial score (nSPS) is 18.7. The third-order valence-corrected chi connectivity index (χ3v) is 5.82. The second-order valence-electron chi connectivity index (χ2n) is 8.22. The van der Waals surface area contributed by atoms with E-state index in [1.54, 1.807) is 25.1 Å². The van der Waals surface area contributed by atoms with Gasteiger partial charge in [-0.05, 0) is 36.6 Å². The lowest BCUT2D eigenvalue weighted by Crippen LogP contribution is -2.50. The summed E-state index contributed by atoms with van der Waals surface area (Å²) in [4.78, 5) is 32.4. The molecule has 0 spiro atoms. The quantitative estimate of drug-likeness (QED) is 0.714. The number of amides is 2. The topological polar surface area (TPSA) is 47.1 Å². The van der Waals surface area contributed by atoms with Crippen molar-refractivity contribution in [2.75, 3.05) is 64.8 Å². The zero-order valence-corrected chi connectivity index (χ0v) is 17.8. The van der Waals surface area contributed by atoms with Crippen molar-refractivity contribution in [1.29, 1.82) is 0 Å². The lowest BCUT2D eigenvalue weighted by molar-refractivity contribution is -0.131. The Labute approximate surface area is 174 Å². The van der Waals surface area contributed by atoms with Gasteiger partial charge in [-0.3, -0.25) is 14.5 Å². The van der Waals surface area contributed by atoms with E-state index in [0.717, 1.165) is 31.7 Å². The monoisotopic (exact) mass is 398 g/mol. The van der Waals surface area contributed by atoms with Crippen LogP contribution in [0, 0.1) is 0 Å². The maximum atomic E-state index is 12.5. The first kappa shape index (κ1) is 21.4. The van der Waals surface area contributed by atoms with Crippen LogP contribution >= 0.6 is 0 Å². The Kier molecular flexibility index (Phi) is 7.69. The Balaban J connectivity index is 1.47. The minimum Gasteiger partial charge on any atom is -0.372 e. The van der Waals surface area contributed by atoms with E-state index >= 15 is 0 Å². The SMILES string of the molecule is CN(C)C(=O)CN1CCN(C(=O)C=Cc2ccc(N3CCCCCC3)cc2)CC1. The summed E-state index contributed by atoms with van der Waals surface area (Å²) in [7, 11) is 3.54. The van der Waals surface area contributed by atoms with Crippen molar-refractivity contribution >= 4 is 23.6 Å². The van der Waals surface area contributed by atoms with Crippen molar-refractivity contribution in [2.45, 2.75) is 25.7 Å². The number of carbonyl (C=O) groups excluding carboxylic acids is 2. The van der Waals surface area contributed by atoms with E-state index in [-0.39, 0.29) is 11.8 Å². The van der Waals surface area contributed by atoms with Crippen LogP contribution in [0.2, 0.25) is 0 Å². The van der Waals surface area contributed by atoms with Gasteiger partial charge in [-0.25, -0.2) is 0 Å². The molecule has 1 aromatic carbocycles. The number of piperazine rings is 1. The van der Waals surface area contributed by atoms with Crippen molar-refractivity contribution in [3.8, 4) is 0 Å². The van der Waals surface area contributed by atoms with Crippen LogP contribution in [0.15, 0.2) is 30.3 Å². The van der Waals surface area contributed by atoms with Gasteiger partial charge in [-0.15, -0.1) is 0 Å². The molecule has 2 saturated heterocycles. The number of anilines is 1. The number of likely N-dealkylation sites (N-methyl/N-ethyl adjacent to an activating group) is 1. The van der Waals surface area contributed by atoms with E-state index in [1.165, 1.54) is 31.4 Å². The van der Waals surface area contributed by atoms with Crippen LogP contribution in [0.5, 0.6) is 0 Å². The first-order valence-electron chi connectivity index (χ1n) is 10.8.